The zero-order valence-electron chi connectivity index (χ0n) is 6.19. The van der Waals surface area contributed by atoms with Gasteiger partial charge in [-0.2, -0.15) is 0 Å². The highest BCUT2D eigenvalue weighted by Crippen LogP contribution is 2.16. The molecule has 1 atom stereocenters. The van der Waals surface area contributed by atoms with E-state index in [1.807, 2.05) is 0 Å². The van der Waals surface area contributed by atoms with Gasteiger partial charge in [0.1, 0.15) is 0 Å². The summed E-state index contributed by atoms with van der Waals surface area (Å²) in [6, 6.07) is 0. The van der Waals surface area contributed by atoms with Gasteiger partial charge in [-0.3, -0.25) is 0 Å². The van der Waals surface area contributed by atoms with Crippen LogP contribution in [0.25, 0.3) is 0 Å². The van der Waals surface area contributed by atoms with Crippen molar-refractivity contribution in [3.63, 3.8) is 0 Å². The molecule has 2 heteroatoms. The predicted molar refractivity (Wildman–Crippen MR) is 41.9 cm³/mol. The van der Waals surface area contributed by atoms with E-state index in [4.69, 9.17) is 0 Å². The summed E-state index contributed by atoms with van der Waals surface area (Å²) in [5.41, 5.74) is 1.63. The second-order valence-corrected chi connectivity index (χ2v) is 3.10. The van der Waals surface area contributed by atoms with E-state index in [2.05, 4.69) is 16.7 Å². The Morgan fingerprint density at radius 3 is 3.20 bits per heavy atom. The van der Waals surface area contributed by atoms with Gasteiger partial charge in [0.25, 0.3) is 0 Å². The largest absolute Gasteiger partial charge is 0.316 e. The molecule has 2 nitrogen and oxygen atoms in total. The molecule has 0 amide bonds. The molecule has 1 saturated heterocycles. The van der Waals surface area contributed by atoms with E-state index in [1.165, 1.54) is 26.1 Å². The highest BCUT2D eigenvalue weighted by Gasteiger charge is 2.20. The second kappa shape index (κ2) is 2.72. The summed E-state index contributed by atoms with van der Waals surface area (Å²) in [7, 11) is 0. The lowest BCUT2D eigenvalue weighted by molar-refractivity contribution is 0.580. The number of nitrogens with one attached hydrogen (secondary N) is 2. The molecular weight excluding hydrogens is 124 g/mol. The smallest absolute Gasteiger partial charge is 0.0168 e. The summed E-state index contributed by atoms with van der Waals surface area (Å²) in [4.78, 5) is 0. The van der Waals surface area contributed by atoms with Crippen LogP contribution in [0.5, 0.6) is 0 Å². The number of hydrogen-bond acceptors (Lipinski definition) is 2. The van der Waals surface area contributed by atoms with Crippen molar-refractivity contribution < 1.29 is 0 Å². The molecular formula is C8H14N2. The standard InChI is InChI=1S/C8H14N2/c1-2-7-4-10-6-8(7)5-9-3-1/h2,8-10H,1,3-6H2. The molecule has 0 bridgehead atoms. The summed E-state index contributed by atoms with van der Waals surface area (Å²) < 4.78 is 0. The maximum atomic E-state index is 3.43. The van der Waals surface area contributed by atoms with Crippen LogP contribution in [0.15, 0.2) is 11.6 Å². The molecule has 0 aromatic carbocycles. The third kappa shape index (κ3) is 1.09. The molecule has 2 N–H and O–H groups in total. The first-order valence-electron chi connectivity index (χ1n) is 4.07. The summed E-state index contributed by atoms with van der Waals surface area (Å²) in [5.74, 6) is 0.794. The van der Waals surface area contributed by atoms with Gasteiger partial charge in [0.05, 0.1) is 0 Å². The van der Waals surface area contributed by atoms with E-state index in [-0.39, 0.29) is 0 Å². The Morgan fingerprint density at radius 1 is 1.30 bits per heavy atom. The molecule has 0 aromatic rings. The van der Waals surface area contributed by atoms with E-state index >= 15 is 0 Å². The minimum absolute atomic E-state index is 0.794. The van der Waals surface area contributed by atoms with Gasteiger partial charge in [0, 0.05) is 25.6 Å². The molecule has 0 spiro atoms. The van der Waals surface area contributed by atoms with Crippen molar-refractivity contribution in [2.45, 2.75) is 6.42 Å². The van der Waals surface area contributed by atoms with Crippen LogP contribution in [-0.2, 0) is 0 Å². The van der Waals surface area contributed by atoms with Crippen molar-refractivity contribution >= 4 is 0 Å². The molecule has 2 aliphatic rings. The highest BCUT2D eigenvalue weighted by molar-refractivity contribution is 5.15. The average molecular weight is 138 g/mol. The van der Waals surface area contributed by atoms with Crippen LogP contribution in [0, 0.1) is 5.92 Å². The van der Waals surface area contributed by atoms with E-state index in [1.54, 1.807) is 5.57 Å². The lowest BCUT2D eigenvalue weighted by atomic mass is 10.0. The maximum Gasteiger partial charge on any atom is 0.0168 e. The van der Waals surface area contributed by atoms with Gasteiger partial charge in [0.15, 0.2) is 0 Å². The fourth-order valence-electron chi connectivity index (χ4n) is 1.74. The third-order valence-corrected chi connectivity index (χ3v) is 2.36. The Kier molecular flexibility index (Phi) is 1.74. The molecule has 0 saturated carbocycles. The van der Waals surface area contributed by atoms with Crippen LogP contribution < -0.4 is 10.6 Å². The van der Waals surface area contributed by atoms with E-state index in [9.17, 15) is 0 Å². The van der Waals surface area contributed by atoms with Crippen molar-refractivity contribution in [3.8, 4) is 0 Å². The van der Waals surface area contributed by atoms with Crippen molar-refractivity contribution in [2.75, 3.05) is 26.2 Å². The van der Waals surface area contributed by atoms with Crippen LogP contribution in [0.2, 0.25) is 0 Å². The molecule has 0 aliphatic carbocycles. The van der Waals surface area contributed by atoms with Crippen LogP contribution >= 0.6 is 0 Å². The zero-order valence-corrected chi connectivity index (χ0v) is 6.19. The Balaban J connectivity index is 2.10. The SMILES string of the molecule is C1=C2CNCC2CNCC1. The Morgan fingerprint density at radius 2 is 2.20 bits per heavy atom. The van der Waals surface area contributed by atoms with Crippen molar-refractivity contribution in [1.82, 2.24) is 10.6 Å². The van der Waals surface area contributed by atoms with Crippen molar-refractivity contribution in [3.05, 3.63) is 11.6 Å². The Labute approximate surface area is 61.7 Å². The fourth-order valence-corrected chi connectivity index (χ4v) is 1.74. The molecule has 1 unspecified atom stereocenters. The van der Waals surface area contributed by atoms with Gasteiger partial charge >= 0.3 is 0 Å². The molecule has 1 fully saturated rings. The first kappa shape index (κ1) is 6.38. The van der Waals surface area contributed by atoms with Gasteiger partial charge in [-0.25, -0.2) is 0 Å². The summed E-state index contributed by atoms with van der Waals surface area (Å²) >= 11 is 0. The number of fused-ring (bicyclic) bond motifs is 1. The van der Waals surface area contributed by atoms with Gasteiger partial charge in [-0.1, -0.05) is 11.6 Å². The lowest BCUT2D eigenvalue weighted by Crippen LogP contribution is -2.23. The van der Waals surface area contributed by atoms with Crippen LogP contribution in [0.1, 0.15) is 6.42 Å². The molecule has 0 aromatic heterocycles. The van der Waals surface area contributed by atoms with E-state index in [0.29, 0.717) is 0 Å². The van der Waals surface area contributed by atoms with E-state index < -0.39 is 0 Å². The van der Waals surface area contributed by atoms with E-state index in [0.717, 1.165) is 12.5 Å². The second-order valence-electron chi connectivity index (χ2n) is 3.10. The highest BCUT2D eigenvalue weighted by atomic mass is 14.9. The zero-order chi connectivity index (χ0) is 6.81. The summed E-state index contributed by atoms with van der Waals surface area (Å²) in [5, 5.41) is 6.81. The first-order chi connectivity index (χ1) is 4.97. The van der Waals surface area contributed by atoms with Crippen LogP contribution in [-0.4, -0.2) is 26.2 Å². The van der Waals surface area contributed by atoms with Gasteiger partial charge in [-0.15, -0.1) is 0 Å². The first-order valence-corrected chi connectivity index (χ1v) is 4.07. The number of rotatable bonds is 0. The average Bonchev–Trinajstić information content (AvgIpc) is 2.28. The summed E-state index contributed by atoms with van der Waals surface area (Å²) in [6.07, 6.45) is 3.61. The van der Waals surface area contributed by atoms with Crippen molar-refractivity contribution in [2.24, 2.45) is 5.92 Å². The summed E-state index contributed by atoms with van der Waals surface area (Å²) in [6.45, 7) is 4.66. The fraction of sp³-hybridized carbons (Fsp3) is 0.750. The molecule has 10 heavy (non-hydrogen) atoms. The lowest BCUT2D eigenvalue weighted by Gasteiger charge is -2.06. The van der Waals surface area contributed by atoms with Crippen LogP contribution in [0.3, 0.4) is 0 Å². The maximum absolute atomic E-state index is 3.43. The monoisotopic (exact) mass is 138 g/mol. The van der Waals surface area contributed by atoms with Gasteiger partial charge in [-0.05, 0) is 13.0 Å². The Hall–Kier alpha value is -0.340. The minimum atomic E-state index is 0.794. The van der Waals surface area contributed by atoms with Crippen molar-refractivity contribution in [1.29, 1.82) is 0 Å². The topological polar surface area (TPSA) is 24.1 Å². The molecule has 2 rings (SSSR count). The molecule has 2 aliphatic heterocycles. The Bertz CT molecular complexity index is 151. The predicted octanol–water partition coefficient (Wildman–Crippen LogP) is 0.125. The van der Waals surface area contributed by atoms with Crippen LogP contribution in [0.4, 0.5) is 0 Å². The van der Waals surface area contributed by atoms with Gasteiger partial charge in [0.2, 0.25) is 0 Å². The number of hydrogen-bond donors (Lipinski definition) is 2. The molecule has 56 valence electrons. The minimum Gasteiger partial charge on any atom is -0.316 e. The molecule has 0 radical (unpaired) electrons. The van der Waals surface area contributed by atoms with Gasteiger partial charge < -0.3 is 10.6 Å². The quantitative estimate of drug-likeness (QED) is 0.465. The third-order valence-electron chi connectivity index (χ3n) is 2.36. The molecule has 2 heterocycles. The normalized spacial score (nSPS) is 32.8.